The maximum atomic E-state index is 12.3. The molecule has 5 nitrogen and oxygen atoms in total. The summed E-state index contributed by atoms with van der Waals surface area (Å²) in [5.74, 6) is 0.315. The van der Waals surface area contributed by atoms with E-state index in [1.165, 1.54) is 0 Å². The molecule has 1 aliphatic carbocycles. The largest absolute Gasteiger partial charge is 0.396 e. The number of aromatic nitrogens is 2. The topological polar surface area (TPSA) is 72.9 Å². The van der Waals surface area contributed by atoms with E-state index in [0.29, 0.717) is 17.3 Å². The average Bonchev–Trinajstić information content (AvgIpc) is 3.22. The predicted molar refractivity (Wildman–Crippen MR) is 77.0 cm³/mol. The molecular formula is C15H18N4O. The Morgan fingerprint density at radius 2 is 2.10 bits per heavy atom. The van der Waals surface area contributed by atoms with E-state index in [1.807, 2.05) is 30.3 Å². The normalized spacial score (nSPS) is 15.8. The standard InChI is InChI=1S/C15H18N4O/c1-19-9-12(16)14(18-19)15(20)17-13(11-7-8-11)10-5-3-2-4-6-10/h2-6,9,11,13H,7-8,16H2,1H3,(H,17,20). The van der Waals surface area contributed by atoms with Gasteiger partial charge in [0.25, 0.3) is 5.91 Å². The van der Waals surface area contributed by atoms with Crippen molar-refractivity contribution in [2.75, 3.05) is 5.73 Å². The molecule has 0 aliphatic heterocycles. The van der Waals surface area contributed by atoms with Gasteiger partial charge < -0.3 is 11.1 Å². The van der Waals surface area contributed by atoms with Gasteiger partial charge in [0.05, 0.1) is 11.7 Å². The summed E-state index contributed by atoms with van der Waals surface area (Å²) in [6.07, 6.45) is 3.94. The minimum absolute atomic E-state index is 0.0464. The van der Waals surface area contributed by atoms with Crippen molar-refractivity contribution in [2.24, 2.45) is 13.0 Å². The van der Waals surface area contributed by atoms with Gasteiger partial charge in [-0.15, -0.1) is 0 Å². The number of amides is 1. The molecule has 1 unspecified atom stereocenters. The summed E-state index contributed by atoms with van der Waals surface area (Å²) in [5.41, 5.74) is 7.65. The van der Waals surface area contributed by atoms with Gasteiger partial charge in [0.2, 0.25) is 0 Å². The SMILES string of the molecule is Cn1cc(N)c(C(=O)NC(c2ccccc2)C2CC2)n1. The zero-order valence-corrected chi connectivity index (χ0v) is 11.4. The maximum Gasteiger partial charge on any atom is 0.274 e. The summed E-state index contributed by atoms with van der Waals surface area (Å²) in [5, 5.41) is 7.19. The second-order valence-electron chi connectivity index (χ2n) is 5.31. The lowest BCUT2D eigenvalue weighted by molar-refractivity contribution is 0.0926. The molecule has 0 spiro atoms. The molecule has 1 fully saturated rings. The Bertz CT molecular complexity index is 616. The van der Waals surface area contributed by atoms with Crippen molar-refractivity contribution >= 4 is 11.6 Å². The number of rotatable bonds is 4. The number of benzene rings is 1. The Labute approximate surface area is 117 Å². The third kappa shape index (κ3) is 2.52. The van der Waals surface area contributed by atoms with Gasteiger partial charge in [-0.2, -0.15) is 5.10 Å². The first-order valence-corrected chi connectivity index (χ1v) is 6.80. The zero-order valence-electron chi connectivity index (χ0n) is 11.4. The van der Waals surface area contributed by atoms with Crippen molar-refractivity contribution in [2.45, 2.75) is 18.9 Å². The number of nitrogen functional groups attached to an aromatic ring is 1. The highest BCUT2D eigenvalue weighted by Crippen LogP contribution is 2.41. The van der Waals surface area contributed by atoms with Crippen LogP contribution < -0.4 is 11.1 Å². The Morgan fingerprint density at radius 3 is 2.65 bits per heavy atom. The highest BCUT2D eigenvalue weighted by molar-refractivity contribution is 5.97. The molecule has 1 saturated carbocycles. The molecule has 5 heteroatoms. The third-order valence-corrected chi connectivity index (χ3v) is 3.61. The molecule has 1 aliphatic rings. The molecule has 20 heavy (non-hydrogen) atoms. The number of aryl methyl sites for hydroxylation is 1. The van der Waals surface area contributed by atoms with Crippen LogP contribution in [0.25, 0.3) is 0 Å². The molecule has 3 rings (SSSR count). The molecule has 2 aromatic rings. The lowest BCUT2D eigenvalue weighted by atomic mass is 10.0. The van der Waals surface area contributed by atoms with Crippen LogP contribution in [-0.4, -0.2) is 15.7 Å². The molecule has 104 valence electrons. The maximum absolute atomic E-state index is 12.3. The van der Waals surface area contributed by atoms with Gasteiger partial charge in [-0.1, -0.05) is 30.3 Å². The fourth-order valence-corrected chi connectivity index (χ4v) is 2.46. The fourth-order valence-electron chi connectivity index (χ4n) is 2.46. The molecule has 0 radical (unpaired) electrons. The summed E-state index contributed by atoms with van der Waals surface area (Å²) in [4.78, 5) is 12.3. The average molecular weight is 270 g/mol. The first kappa shape index (κ1) is 12.7. The Balaban J connectivity index is 1.81. The molecule has 1 heterocycles. The zero-order chi connectivity index (χ0) is 14.1. The van der Waals surface area contributed by atoms with Crippen LogP contribution in [0.1, 0.15) is 34.9 Å². The van der Waals surface area contributed by atoms with Crippen LogP contribution in [0.2, 0.25) is 0 Å². The van der Waals surface area contributed by atoms with Gasteiger partial charge in [0.15, 0.2) is 5.69 Å². The summed E-state index contributed by atoms with van der Waals surface area (Å²) < 4.78 is 1.55. The summed E-state index contributed by atoms with van der Waals surface area (Å²) >= 11 is 0. The van der Waals surface area contributed by atoms with E-state index in [9.17, 15) is 4.79 Å². The Morgan fingerprint density at radius 1 is 1.40 bits per heavy atom. The lowest BCUT2D eigenvalue weighted by Crippen LogP contribution is -2.30. The van der Waals surface area contributed by atoms with Crippen molar-refractivity contribution in [1.29, 1.82) is 0 Å². The van der Waals surface area contributed by atoms with Crippen molar-refractivity contribution < 1.29 is 4.79 Å². The van der Waals surface area contributed by atoms with Crippen molar-refractivity contribution in [1.82, 2.24) is 15.1 Å². The fraction of sp³-hybridized carbons (Fsp3) is 0.333. The van der Waals surface area contributed by atoms with Gasteiger partial charge in [-0.05, 0) is 24.3 Å². The van der Waals surface area contributed by atoms with Crippen molar-refractivity contribution in [3.8, 4) is 0 Å². The third-order valence-electron chi connectivity index (χ3n) is 3.61. The smallest absolute Gasteiger partial charge is 0.274 e. The first-order valence-electron chi connectivity index (χ1n) is 6.80. The van der Waals surface area contributed by atoms with Crippen LogP contribution in [0.3, 0.4) is 0 Å². The van der Waals surface area contributed by atoms with Crippen molar-refractivity contribution in [3.63, 3.8) is 0 Å². The van der Waals surface area contributed by atoms with E-state index in [1.54, 1.807) is 17.9 Å². The summed E-state index contributed by atoms with van der Waals surface area (Å²) in [6, 6.07) is 10.1. The number of nitrogens with one attached hydrogen (secondary N) is 1. The lowest BCUT2D eigenvalue weighted by Gasteiger charge is -2.18. The van der Waals surface area contributed by atoms with Gasteiger partial charge in [0, 0.05) is 13.2 Å². The molecule has 0 bridgehead atoms. The molecule has 1 amide bonds. The highest BCUT2D eigenvalue weighted by atomic mass is 16.2. The number of nitrogens with zero attached hydrogens (tertiary/aromatic N) is 2. The Kier molecular flexibility index (Phi) is 3.18. The molecule has 1 aromatic carbocycles. The quantitative estimate of drug-likeness (QED) is 0.891. The van der Waals surface area contributed by atoms with Gasteiger partial charge in [-0.25, -0.2) is 0 Å². The number of hydrogen-bond acceptors (Lipinski definition) is 3. The molecule has 3 N–H and O–H groups in total. The van der Waals surface area contributed by atoms with E-state index in [2.05, 4.69) is 10.4 Å². The number of nitrogens with two attached hydrogens (primary N) is 1. The molecule has 1 aromatic heterocycles. The van der Waals surface area contributed by atoms with Gasteiger partial charge in [0.1, 0.15) is 0 Å². The van der Waals surface area contributed by atoms with E-state index in [4.69, 9.17) is 5.73 Å². The predicted octanol–water partition coefficient (Wildman–Crippen LogP) is 1.88. The van der Waals surface area contributed by atoms with Crippen LogP contribution in [0.15, 0.2) is 36.5 Å². The number of carbonyl (C=O) groups is 1. The first-order chi connectivity index (χ1) is 9.65. The van der Waals surface area contributed by atoms with Gasteiger partial charge in [-0.3, -0.25) is 9.48 Å². The number of hydrogen-bond donors (Lipinski definition) is 2. The summed E-state index contributed by atoms with van der Waals surface area (Å²) in [6.45, 7) is 0. The van der Waals surface area contributed by atoms with E-state index in [0.717, 1.165) is 18.4 Å². The highest BCUT2D eigenvalue weighted by Gasteiger charge is 2.34. The van der Waals surface area contributed by atoms with Crippen LogP contribution >= 0.6 is 0 Å². The Hall–Kier alpha value is -2.30. The number of anilines is 1. The van der Waals surface area contributed by atoms with Crippen LogP contribution in [0.5, 0.6) is 0 Å². The second-order valence-corrected chi connectivity index (χ2v) is 5.31. The minimum Gasteiger partial charge on any atom is -0.396 e. The molecule has 1 atom stereocenters. The minimum atomic E-state index is -0.205. The van der Waals surface area contributed by atoms with Crippen molar-refractivity contribution in [3.05, 3.63) is 47.8 Å². The van der Waals surface area contributed by atoms with E-state index in [-0.39, 0.29) is 11.9 Å². The molecular weight excluding hydrogens is 252 g/mol. The van der Waals surface area contributed by atoms with Crippen LogP contribution in [-0.2, 0) is 7.05 Å². The van der Waals surface area contributed by atoms with E-state index >= 15 is 0 Å². The molecule has 0 saturated heterocycles. The second kappa shape index (κ2) is 5.00. The van der Waals surface area contributed by atoms with Crippen LogP contribution in [0.4, 0.5) is 5.69 Å². The number of carbonyl (C=O) groups excluding carboxylic acids is 1. The van der Waals surface area contributed by atoms with Crippen LogP contribution in [0, 0.1) is 5.92 Å². The van der Waals surface area contributed by atoms with E-state index < -0.39 is 0 Å². The summed E-state index contributed by atoms with van der Waals surface area (Å²) in [7, 11) is 1.75. The van der Waals surface area contributed by atoms with Gasteiger partial charge >= 0.3 is 0 Å². The monoisotopic (exact) mass is 270 g/mol.